The zero-order chi connectivity index (χ0) is 8.77. The van der Waals surface area contributed by atoms with Crippen molar-refractivity contribution in [2.24, 2.45) is 11.8 Å². The quantitative estimate of drug-likeness (QED) is 0.575. The van der Waals surface area contributed by atoms with Crippen LogP contribution < -0.4 is 0 Å². The molecule has 2 saturated carbocycles. The van der Waals surface area contributed by atoms with E-state index in [4.69, 9.17) is 0 Å². The minimum absolute atomic E-state index is 0.489. The summed E-state index contributed by atoms with van der Waals surface area (Å²) in [5.74, 6) is 1.38. The summed E-state index contributed by atoms with van der Waals surface area (Å²) in [4.78, 5) is 0. The van der Waals surface area contributed by atoms with Crippen molar-refractivity contribution in [2.45, 2.75) is 50.7 Å². The van der Waals surface area contributed by atoms with Crippen LogP contribution in [0.3, 0.4) is 0 Å². The second-order valence-electron chi connectivity index (χ2n) is 4.76. The van der Waals surface area contributed by atoms with Crippen LogP contribution in [0.25, 0.3) is 0 Å². The normalized spacial score (nSPS) is 53.8. The number of aliphatic hydroxyl groups is 2. The molecular weight excluding hydrogens is 152 g/mol. The van der Waals surface area contributed by atoms with E-state index < -0.39 is 11.7 Å². The zero-order valence-corrected chi connectivity index (χ0v) is 7.66. The van der Waals surface area contributed by atoms with Gasteiger partial charge in [-0.05, 0) is 31.6 Å². The summed E-state index contributed by atoms with van der Waals surface area (Å²) in [6.45, 7) is 1.77. The fourth-order valence-electron chi connectivity index (χ4n) is 2.90. The first-order valence-electron chi connectivity index (χ1n) is 5.00. The van der Waals surface area contributed by atoms with Crippen LogP contribution in [0, 0.1) is 11.8 Å². The van der Waals surface area contributed by atoms with Crippen LogP contribution in [-0.2, 0) is 0 Å². The number of rotatable bonds is 0. The summed E-state index contributed by atoms with van der Waals surface area (Å²) >= 11 is 0. The van der Waals surface area contributed by atoms with E-state index in [0.717, 1.165) is 12.8 Å². The molecule has 0 heterocycles. The molecule has 2 N–H and O–H groups in total. The van der Waals surface area contributed by atoms with Gasteiger partial charge in [-0.3, -0.25) is 0 Å². The Hall–Kier alpha value is -0.0800. The standard InChI is InChI=1S/C10H18O2/c1-10(12)6-8-4-2-3-7(8)5-9(10)11/h7-9,11-12H,2-6H2,1H3. The molecule has 12 heavy (non-hydrogen) atoms. The van der Waals surface area contributed by atoms with Gasteiger partial charge in [0.25, 0.3) is 0 Å². The number of aliphatic hydroxyl groups excluding tert-OH is 1. The maximum atomic E-state index is 9.84. The predicted octanol–water partition coefficient (Wildman–Crippen LogP) is 1.31. The number of fused-ring (bicyclic) bond motifs is 1. The van der Waals surface area contributed by atoms with Crippen LogP contribution in [-0.4, -0.2) is 21.9 Å². The fourth-order valence-corrected chi connectivity index (χ4v) is 2.90. The summed E-state index contributed by atoms with van der Waals surface area (Å²) in [5, 5.41) is 19.5. The van der Waals surface area contributed by atoms with Crippen molar-refractivity contribution < 1.29 is 10.2 Å². The van der Waals surface area contributed by atoms with E-state index in [2.05, 4.69) is 0 Å². The van der Waals surface area contributed by atoms with Crippen molar-refractivity contribution in [3.63, 3.8) is 0 Å². The van der Waals surface area contributed by atoms with Crippen molar-refractivity contribution in [3.05, 3.63) is 0 Å². The molecule has 0 aromatic carbocycles. The summed E-state index contributed by atoms with van der Waals surface area (Å²) in [7, 11) is 0. The Kier molecular flexibility index (Phi) is 1.92. The third-order valence-corrected chi connectivity index (χ3v) is 3.74. The molecule has 2 nitrogen and oxygen atoms in total. The number of hydrogen-bond acceptors (Lipinski definition) is 2. The van der Waals surface area contributed by atoms with E-state index in [-0.39, 0.29) is 0 Å². The Morgan fingerprint density at radius 1 is 1.25 bits per heavy atom. The molecule has 0 saturated heterocycles. The zero-order valence-electron chi connectivity index (χ0n) is 7.66. The molecule has 0 aromatic heterocycles. The van der Waals surface area contributed by atoms with E-state index in [0.29, 0.717) is 11.8 Å². The highest BCUT2D eigenvalue weighted by Crippen LogP contribution is 2.45. The molecule has 2 fully saturated rings. The van der Waals surface area contributed by atoms with Crippen LogP contribution in [0.15, 0.2) is 0 Å². The third kappa shape index (κ3) is 1.27. The maximum absolute atomic E-state index is 9.84. The monoisotopic (exact) mass is 170 g/mol. The summed E-state index contributed by atoms with van der Waals surface area (Å²) < 4.78 is 0. The van der Waals surface area contributed by atoms with Gasteiger partial charge in [0, 0.05) is 0 Å². The molecule has 0 spiro atoms. The van der Waals surface area contributed by atoms with Crippen molar-refractivity contribution in [2.75, 3.05) is 0 Å². The van der Waals surface area contributed by atoms with E-state index >= 15 is 0 Å². The van der Waals surface area contributed by atoms with Gasteiger partial charge in [-0.15, -0.1) is 0 Å². The van der Waals surface area contributed by atoms with Crippen molar-refractivity contribution in [1.29, 1.82) is 0 Å². The molecule has 70 valence electrons. The van der Waals surface area contributed by atoms with Gasteiger partial charge in [-0.25, -0.2) is 0 Å². The molecule has 0 aliphatic heterocycles. The molecule has 0 bridgehead atoms. The minimum atomic E-state index is -0.814. The van der Waals surface area contributed by atoms with Gasteiger partial charge in [0.15, 0.2) is 0 Å². The first-order valence-corrected chi connectivity index (χ1v) is 5.00. The average molecular weight is 170 g/mol. The molecule has 2 aliphatic carbocycles. The predicted molar refractivity (Wildman–Crippen MR) is 46.7 cm³/mol. The molecule has 0 aromatic rings. The van der Waals surface area contributed by atoms with Gasteiger partial charge in [-0.2, -0.15) is 0 Å². The topological polar surface area (TPSA) is 40.5 Å². The average Bonchev–Trinajstić information content (AvgIpc) is 2.35. The lowest BCUT2D eigenvalue weighted by molar-refractivity contribution is -0.112. The molecular formula is C10H18O2. The lowest BCUT2D eigenvalue weighted by Gasteiger charge is -2.40. The van der Waals surface area contributed by atoms with Crippen molar-refractivity contribution in [1.82, 2.24) is 0 Å². The molecule has 4 unspecified atom stereocenters. The Bertz CT molecular complexity index is 177. The van der Waals surface area contributed by atoms with Gasteiger partial charge in [-0.1, -0.05) is 19.3 Å². The largest absolute Gasteiger partial charge is 0.390 e. The Labute approximate surface area is 73.6 Å². The van der Waals surface area contributed by atoms with E-state index in [9.17, 15) is 10.2 Å². The maximum Gasteiger partial charge on any atom is 0.0880 e. The second kappa shape index (κ2) is 2.71. The SMILES string of the molecule is CC1(O)CC2CCCC2CC1O. The highest BCUT2D eigenvalue weighted by molar-refractivity contribution is 4.95. The first-order chi connectivity index (χ1) is 5.59. The molecule has 0 amide bonds. The molecule has 0 radical (unpaired) electrons. The molecule has 2 aliphatic rings. The van der Waals surface area contributed by atoms with Crippen molar-refractivity contribution >= 4 is 0 Å². The Morgan fingerprint density at radius 3 is 2.67 bits per heavy atom. The second-order valence-corrected chi connectivity index (χ2v) is 4.76. The lowest BCUT2D eigenvalue weighted by atomic mass is 9.72. The van der Waals surface area contributed by atoms with Gasteiger partial charge in [0.1, 0.15) is 0 Å². The summed E-state index contributed by atoms with van der Waals surface area (Å²) in [6.07, 6.45) is 4.94. The van der Waals surface area contributed by atoms with Crippen LogP contribution in [0.4, 0.5) is 0 Å². The van der Waals surface area contributed by atoms with Crippen LogP contribution in [0.5, 0.6) is 0 Å². The fraction of sp³-hybridized carbons (Fsp3) is 1.00. The van der Waals surface area contributed by atoms with Gasteiger partial charge in [0.2, 0.25) is 0 Å². The highest BCUT2D eigenvalue weighted by Gasteiger charge is 2.44. The first kappa shape index (κ1) is 8.52. The lowest BCUT2D eigenvalue weighted by Crippen LogP contribution is -2.46. The van der Waals surface area contributed by atoms with Crippen LogP contribution in [0.1, 0.15) is 39.0 Å². The van der Waals surface area contributed by atoms with Gasteiger partial charge < -0.3 is 10.2 Å². The third-order valence-electron chi connectivity index (χ3n) is 3.74. The number of hydrogen-bond donors (Lipinski definition) is 2. The smallest absolute Gasteiger partial charge is 0.0880 e. The van der Waals surface area contributed by atoms with Crippen molar-refractivity contribution in [3.8, 4) is 0 Å². The Morgan fingerprint density at radius 2 is 1.92 bits per heavy atom. The molecule has 4 atom stereocenters. The Balaban J connectivity index is 2.08. The summed E-state index contributed by atoms with van der Waals surface area (Å²) in [6, 6.07) is 0. The van der Waals surface area contributed by atoms with Crippen LogP contribution in [0.2, 0.25) is 0 Å². The van der Waals surface area contributed by atoms with E-state index in [1.807, 2.05) is 0 Å². The summed E-state index contributed by atoms with van der Waals surface area (Å²) in [5.41, 5.74) is -0.814. The van der Waals surface area contributed by atoms with Gasteiger partial charge in [0.05, 0.1) is 11.7 Å². The highest BCUT2D eigenvalue weighted by atomic mass is 16.3. The van der Waals surface area contributed by atoms with E-state index in [1.54, 1.807) is 6.92 Å². The van der Waals surface area contributed by atoms with E-state index in [1.165, 1.54) is 19.3 Å². The van der Waals surface area contributed by atoms with Crippen LogP contribution >= 0.6 is 0 Å². The minimum Gasteiger partial charge on any atom is -0.390 e. The molecule has 2 rings (SSSR count). The molecule has 2 heteroatoms. The van der Waals surface area contributed by atoms with Gasteiger partial charge >= 0.3 is 0 Å².